The molecule has 1 aliphatic heterocycles. The van der Waals surface area contributed by atoms with E-state index in [1.807, 2.05) is 6.92 Å². The highest BCUT2D eigenvalue weighted by Crippen LogP contribution is 2.38. The lowest BCUT2D eigenvalue weighted by molar-refractivity contribution is -0.154. The van der Waals surface area contributed by atoms with Gasteiger partial charge in [-0.2, -0.15) is 13.2 Å². The van der Waals surface area contributed by atoms with Crippen molar-refractivity contribution < 1.29 is 32.0 Å². The summed E-state index contributed by atoms with van der Waals surface area (Å²) in [6, 6.07) is 2.76. The van der Waals surface area contributed by atoms with Crippen molar-refractivity contribution in [2.75, 3.05) is 18.9 Å². The number of aromatic nitrogens is 1. The molecule has 0 spiro atoms. The van der Waals surface area contributed by atoms with E-state index >= 15 is 0 Å². The van der Waals surface area contributed by atoms with Crippen LogP contribution in [0.4, 0.5) is 18.0 Å². The molecule has 6 nitrogen and oxygen atoms in total. The molecule has 1 aromatic carbocycles. The van der Waals surface area contributed by atoms with Gasteiger partial charge in [-0.15, -0.1) is 0 Å². The molecule has 146 valence electrons. The van der Waals surface area contributed by atoms with Crippen LogP contribution in [-0.4, -0.2) is 40.1 Å². The quantitative estimate of drug-likeness (QED) is 0.645. The van der Waals surface area contributed by atoms with Crippen molar-refractivity contribution in [1.29, 1.82) is 0 Å². The molecule has 2 amide bonds. The number of imide groups is 1. The lowest BCUT2D eigenvalue weighted by atomic mass is 10.0. The SMILES string of the molecule is CCCc1c(OCCCN2C(=O)CSC2=O)ccc2c(C(F)(F)F)onc12. The number of hydrogen-bond donors (Lipinski definition) is 0. The summed E-state index contributed by atoms with van der Waals surface area (Å²) in [7, 11) is 0. The van der Waals surface area contributed by atoms with E-state index in [-0.39, 0.29) is 41.0 Å². The predicted octanol–water partition coefficient (Wildman–Crippen LogP) is 4.26. The standard InChI is InChI=1S/C17H17F3N2O4S/c1-2-4-10-12(25-8-3-7-22-13(23)9-27-16(22)24)6-5-11-14(10)21-26-15(11)17(18,19)20/h5-6H,2-4,7-9H2,1H3. The van der Waals surface area contributed by atoms with Gasteiger partial charge in [0.15, 0.2) is 0 Å². The van der Waals surface area contributed by atoms with Gasteiger partial charge in [0.05, 0.1) is 17.7 Å². The van der Waals surface area contributed by atoms with E-state index in [0.717, 1.165) is 11.8 Å². The largest absolute Gasteiger partial charge is 0.493 e. The number of fused-ring (bicyclic) bond motifs is 1. The highest BCUT2D eigenvalue weighted by atomic mass is 32.2. The average molecular weight is 402 g/mol. The van der Waals surface area contributed by atoms with Gasteiger partial charge in [-0.25, -0.2) is 0 Å². The van der Waals surface area contributed by atoms with Gasteiger partial charge in [-0.05, 0) is 25.0 Å². The number of thioether (sulfide) groups is 1. The number of benzene rings is 1. The number of halogens is 3. The molecule has 0 unspecified atom stereocenters. The summed E-state index contributed by atoms with van der Waals surface area (Å²) in [6.45, 7) is 2.36. The lowest BCUT2D eigenvalue weighted by Crippen LogP contribution is -2.30. The molecule has 2 aromatic rings. The van der Waals surface area contributed by atoms with Gasteiger partial charge < -0.3 is 9.26 Å². The molecule has 2 heterocycles. The van der Waals surface area contributed by atoms with E-state index in [4.69, 9.17) is 4.74 Å². The maximum Gasteiger partial charge on any atom is 0.453 e. The first-order chi connectivity index (χ1) is 12.8. The average Bonchev–Trinajstić information content (AvgIpc) is 3.18. The second kappa shape index (κ2) is 7.79. The normalized spacial score (nSPS) is 15.2. The number of amides is 2. The van der Waals surface area contributed by atoms with Gasteiger partial charge in [0, 0.05) is 12.1 Å². The van der Waals surface area contributed by atoms with Crippen LogP contribution in [-0.2, 0) is 17.4 Å². The maximum absolute atomic E-state index is 13.0. The molecular weight excluding hydrogens is 385 g/mol. The van der Waals surface area contributed by atoms with Crippen LogP contribution < -0.4 is 4.74 Å². The number of nitrogens with zero attached hydrogens (tertiary/aromatic N) is 2. The number of ether oxygens (including phenoxy) is 1. The molecule has 0 atom stereocenters. The molecule has 0 saturated carbocycles. The van der Waals surface area contributed by atoms with E-state index in [1.54, 1.807) is 0 Å². The fraction of sp³-hybridized carbons (Fsp3) is 0.471. The van der Waals surface area contributed by atoms with Gasteiger partial charge >= 0.3 is 6.18 Å². The van der Waals surface area contributed by atoms with Gasteiger partial charge in [-0.1, -0.05) is 30.3 Å². The van der Waals surface area contributed by atoms with Crippen molar-refractivity contribution >= 4 is 33.8 Å². The number of aryl methyl sites for hydroxylation is 1. The zero-order chi connectivity index (χ0) is 19.6. The summed E-state index contributed by atoms with van der Waals surface area (Å²) >= 11 is 0.969. The first-order valence-electron chi connectivity index (χ1n) is 8.41. The first-order valence-corrected chi connectivity index (χ1v) is 9.40. The zero-order valence-electron chi connectivity index (χ0n) is 14.5. The van der Waals surface area contributed by atoms with E-state index in [0.29, 0.717) is 30.6 Å². The number of carbonyl (C=O) groups excluding carboxylic acids is 2. The molecule has 1 saturated heterocycles. The number of carbonyl (C=O) groups is 2. The van der Waals surface area contributed by atoms with Crippen LogP contribution in [0.2, 0.25) is 0 Å². The Bertz CT molecular complexity index is 850. The molecule has 3 rings (SSSR count). The van der Waals surface area contributed by atoms with Crippen LogP contribution in [0.15, 0.2) is 16.7 Å². The molecule has 0 aliphatic carbocycles. The molecule has 0 N–H and O–H groups in total. The third-order valence-corrected chi connectivity index (χ3v) is 4.95. The van der Waals surface area contributed by atoms with Crippen molar-refractivity contribution in [2.24, 2.45) is 0 Å². The van der Waals surface area contributed by atoms with E-state index in [9.17, 15) is 22.8 Å². The third-order valence-electron chi connectivity index (χ3n) is 4.09. The third kappa shape index (κ3) is 4.05. The smallest absolute Gasteiger partial charge is 0.453 e. The summed E-state index contributed by atoms with van der Waals surface area (Å²) in [6.07, 6.45) is -3.02. The minimum Gasteiger partial charge on any atom is -0.493 e. The Balaban J connectivity index is 1.73. The van der Waals surface area contributed by atoms with Crippen molar-refractivity contribution in [3.05, 3.63) is 23.5 Å². The Morgan fingerprint density at radius 2 is 2.11 bits per heavy atom. The van der Waals surface area contributed by atoms with Gasteiger partial charge in [0.25, 0.3) is 5.24 Å². The predicted molar refractivity (Wildman–Crippen MR) is 92.7 cm³/mol. The number of rotatable bonds is 7. The molecule has 10 heteroatoms. The van der Waals surface area contributed by atoms with Crippen LogP contribution in [0, 0.1) is 0 Å². The second-order valence-corrected chi connectivity index (χ2v) is 6.93. The Labute approximate surface area is 157 Å². The fourth-order valence-electron chi connectivity index (χ4n) is 2.88. The zero-order valence-corrected chi connectivity index (χ0v) is 15.3. The van der Waals surface area contributed by atoms with Crippen LogP contribution in [0.3, 0.4) is 0 Å². The molecule has 0 radical (unpaired) electrons. The molecule has 1 aromatic heterocycles. The van der Waals surface area contributed by atoms with Gasteiger partial charge in [0.2, 0.25) is 11.7 Å². The number of hydrogen-bond acceptors (Lipinski definition) is 6. The Hall–Kier alpha value is -2.23. The summed E-state index contributed by atoms with van der Waals surface area (Å²) in [5.74, 6) is -0.754. The Morgan fingerprint density at radius 1 is 1.33 bits per heavy atom. The maximum atomic E-state index is 13.0. The van der Waals surface area contributed by atoms with Crippen LogP contribution in [0.25, 0.3) is 10.9 Å². The monoisotopic (exact) mass is 402 g/mol. The minimum atomic E-state index is -4.62. The van der Waals surface area contributed by atoms with Crippen molar-refractivity contribution in [1.82, 2.24) is 10.1 Å². The summed E-state index contributed by atoms with van der Waals surface area (Å²) in [5, 5.41) is 3.24. The lowest BCUT2D eigenvalue weighted by Gasteiger charge is -2.14. The summed E-state index contributed by atoms with van der Waals surface area (Å²) in [5.41, 5.74) is 0.695. The van der Waals surface area contributed by atoms with Crippen molar-refractivity contribution in [2.45, 2.75) is 32.4 Å². The highest BCUT2D eigenvalue weighted by Gasteiger charge is 2.38. The molecule has 0 bridgehead atoms. The van der Waals surface area contributed by atoms with E-state index in [2.05, 4.69) is 9.68 Å². The number of alkyl halides is 3. The van der Waals surface area contributed by atoms with Crippen LogP contribution >= 0.6 is 11.8 Å². The second-order valence-electron chi connectivity index (χ2n) is 6.00. The van der Waals surface area contributed by atoms with Crippen molar-refractivity contribution in [3.8, 4) is 5.75 Å². The molecule has 1 fully saturated rings. The summed E-state index contributed by atoms with van der Waals surface area (Å²) in [4.78, 5) is 24.3. The van der Waals surface area contributed by atoms with Gasteiger partial charge in [-0.3, -0.25) is 14.5 Å². The topological polar surface area (TPSA) is 72.6 Å². The molecular formula is C17H17F3N2O4S. The summed E-state index contributed by atoms with van der Waals surface area (Å²) < 4.78 is 49.2. The fourth-order valence-corrected chi connectivity index (χ4v) is 3.63. The van der Waals surface area contributed by atoms with Gasteiger partial charge in [0.1, 0.15) is 11.3 Å². The molecule has 27 heavy (non-hydrogen) atoms. The highest BCUT2D eigenvalue weighted by molar-refractivity contribution is 8.14. The molecule has 1 aliphatic rings. The van der Waals surface area contributed by atoms with Crippen LogP contribution in [0.5, 0.6) is 5.75 Å². The Morgan fingerprint density at radius 3 is 2.74 bits per heavy atom. The first kappa shape index (κ1) is 19.5. The Kier molecular flexibility index (Phi) is 5.64. The van der Waals surface area contributed by atoms with Crippen molar-refractivity contribution in [3.63, 3.8) is 0 Å². The van der Waals surface area contributed by atoms with E-state index < -0.39 is 11.9 Å². The van der Waals surface area contributed by atoms with Crippen LogP contribution in [0.1, 0.15) is 31.1 Å². The van der Waals surface area contributed by atoms with E-state index in [1.165, 1.54) is 17.0 Å². The minimum absolute atomic E-state index is 0.0939.